The number of rotatable bonds is 5. The van der Waals surface area contributed by atoms with E-state index in [1.54, 1.807) is 0 Å². The van der Waals surface area contributed by atoms with Gasteiger partial charge in [-0.2, -0.15) is 0 Å². The molecule has 1 aromatic rings. The van der Waals surface area contributed by atoms with Crippen molar-refractivity contribution >= 4 is 11.3 Å². The van der Waals surface area contributed by atoms with Crippen LogP contribution in [0.1, 0.15) is 56.5 Å². The summed E-state index contributed by atoms with van der Waals surface area (Å²) in [6.45, 7) is 13.7. The van der Waals surface area contributed by atoms with Crippen molar-refractivity contribution in [1.29, 1.82) is 0 Å². The fraction of sp³-hybridized carbons (Fsp3) is 0.812. The maximum Gasteiger partial charge on any atom is 0.110 e. The molecule has 1 aromatic heterocycles. The molecule has 0 aromatic carbocycles. The molecule has 0 amide bonds. The van der Waals surface area contributed by atoms with Gasteiger partial charge in [0, 0.05) is 36.2 Å². The summed E-state index contributed by atoms with van der Waals surface area (Å²) >= 11 is 1.84. The lowest BCUT2D eigenvalue weighted by Crippen LogP contribution is -2.58. The van der Waals surface area contributed by atoms with Gasteiger partial charge in [-0.05, 0) is 26.2 Å². The first-order valence-corrected chi connectivity index (χ1v) is 8.76. The molecule has 2 heterocycles. The van der Waals surface area contributed by atoms with Crippen molar-refractivity contribution in [3.63, 3.8) is 0 Å². The van der Waals surface area contributed by atoms with Gasteiger partial charge in [-0.3, -0.25) is 4.90 Å². The molecule has 0 aliphatic carbocycles. The molecule has 1 fully saturated rings. The Balaban J connectivity index is 2.13. The summed E-state index contributed by atoms with van der Waals surface area (Å²) in [7, 11) is 0. The third-order valence-electron chi connectivity index (χ3n) is 4.37. The van der Waals surface area contributed by atoms with Crippen LogP contribution in [0, 0.1) is 12.8 Å². The summed E-state index contributed by atoms with van der Waals surface area (Å²) in [6, 6.07) is 1.68. The quantitative estimate of drug-likeness (QED) is 0.899. The fourth-order valence-electron chi connectivity index (χ4n) is 3.17. The van der Waals surface area contributed by atoms with Crippen molar-refractivity contribution < 1.29 is 0 Å². The van der Waals surface area contributed by atoms with Gasteiger partial charge in [-0.15, -0.1) is 11.3 Å². The number of piperazine rings is 1. The summed E-state index contributed by atoms with van der Waals surface area (Å²) in [4.78, 5) is 8.61. The highest BCUT2D eigenvalue weighted by Gasteiger charge is 2.33. The number of hydrogen-bond donors (Lipinski definition) is 1. The minimum Gasteiger partial charge on any atom is -0.311 e. The lowest BCUT2D eigenvalue weighted by Gasteiger charge is -2.45. The van der Waals surface area contributed by atoms with Gasteiger partial charge < -0.3 is 5.32 Å². The van der Waals surface area contributed by atoms with Crippen LogP contribution >= 0.6 is 11.3 Å². The van der Waals surface area contributed by atoms with E-state index in [9.17, 15) is 0 Å². The third-order valence-corrected chi connectivity index (χ3v) is 5.46. The number of nitrogens with zero attached hydrogens (tertiary/aromatic N) is 2. The number of aryl methyl sites for hydroxylation is 1. The molecule has 1 saturated heterocycles. The van der Waals surface area contributed by atoms with Crippen LogP contribution in [-0.2, 0) is 0 Å². The predicted octanol–water partition coefficient (Wildman–Crippen LogP) is 3.61. The maximum atomic E-state index is 4.61. The summed E-state index contributed by atoms with van der Waals surface area (Å²) in [5, 5.41) is 5.00. The van der Waals surface area contributed by atoms with Crippen molar-refractivity contribution in [2.24, 2.45) is 5.92 Å². The number of thiazole rings is 1. The Morgan fingerprint density at radius 3 is 2.75 bits per heavy atom. The molecule has 1 aliphatic rings. The SMILES string of the molecule is CCCC1CN(C(C)c2ncc(C)s2)C(C(C)C)CN1. The molecule has 1 N–H and O–H groups in total. The molecular formula is C16H29N3S. The molecule has 3 nitrogen and oxygen atoms in total. The normalized spacial score (nSPS) is 26.1. The van der Waals surface area contributed by atoms with Crippen molar-refractivity contribution in [2.45, 2.75) is 65.6 Å². The summed E-state index contributed by atoms with van der Waals surface area (Å²) < 4.78 is 0. The number of nitrogens with one attached hydrogen (secondary N) is 1. The number of hydrogen-bond acceptors (Lipinski definition) is 4. The minimum atomic E-state index is 0.433. The van der Waals surface area contributed by atoms with E-state index in [4.69, 9.17) is 0 Å². The van der Waals surface area contributed by atoms with Crippen molar-refractivity contribution in [3.05, 3.63) is 16.1 Å². The zero-order valence-corrected chi connectivity index (χ0v) is 14.3. The molecule has 0 saturated carbocycles. The molecule has 0 bridgehead atoms. The Bertz CT molecular complexity index is 416. The highest BCUT2D eigenvalue weighted by Crippen LogP contribution is 2.30. The van der Waals surface area contributed by atoms with Crippen LogP contribution in [0.3, 0.4) is 0 Å². The van der Waals surface area contributed by atoms with Crippen LogP contribution in [0.5, 0.6) is 0 Å². The first-order chi connectivity index (χ1) is 9.52. The van der Waals surface area contributed by atoms with Crippen LogP contribution in [-0.4, -0.2) is 35.1 Å². The van der Waals surface area contributed by atoms with E-state index in [0.717, 1.165) is 13.1 Å². The standard InChI is InChI=1S/C16H29N3S/c1-6-7-14-10-19(15(9-17-14)11(2)3)13(5)16-18-8-12(4)20-16/h8,11,13-15,17H,6-7,9-10H2,1-5H3. The smallest absolute Gasteiger partial charge is 0.110 e. The van der Waals surface area contributed by atoms with Gasteiger partial charge in [0.2, 0.25) is 0 Å². The minimum absolute atomic E-state index is 0.433. The Hall–Kier alpha value is -0.450. The molecular weight excluding hydrogens is 266 g/mol. The van der Waals surface area contributed by atoms with Crippen LogP contribution in [0.2, 0.25) is 0 Å². The molecule has 0 spiro atoms. The maximum absolute atomic E-state index is 4.61. The van der Waals surface area contributed by atoms with Crippen LogP contribution in [0.25, 0.3) is 0 Å². The van der Waals surface area contributed by atoms with Gasteiger partial charge in [-0.25, -0.2) is 4.98 Å². The highest BCUT2D eigenvalue weighted by atomic mass is 32.1. The van der Waals surface area contributed by atoms with Crippen LogP contribution in [0.15, 0.2) is 6.20 Å². The van der Waals surface area contributed by atoms with Gasteiger partial charge in [-0.1, -0.05) is 27.2 Å². The molecule has 4 heteroatoms. The summed E-state index contributed by atoms with van der Waals surface area (Å²) in [5.74, 6) is 0.675. The monoisotopic (exact) mass is 295 g/mol. The van der Waals surface area contributed by atoms with Gasteiger partial charge in [0.15, 0.2) is 0 Å². The molecule has 114 valence electrons. The average molecular weight is 295 g/mol. The largest absolute Gasteiger partial charge is 0.311 e. The fourth-order valence-corrected chi connectivity index (χ4v) is 4.02. The Morgan fingerprint density at radius 1 is 1.45 bits per heavy atom. The summed E-state index contributed by atoms with van der Waals surface area (Å²) in [5.41, 5.74) is 0. The Labute approximate surface area is 127 Å². The van der Waals surface area contributed by atoms with Gasteiger partial charge in [0.05, 0.1) is 6.04 Å². The lowest BCUT2D eigenvalue weighted by molar-refractivity contribution is 0.0597. The van der Waals surface area contributed by atoms with Crippen LogP contribution in [0.4, 0.5) is 0 Å². The molecule has 2 rings (SSSR count). The first kappa shape index (κ1) is 15.9. The second-order valence-electron chi connectivity index (χ2n) is 6.39. The van der Waals surface area contributed by atoms with Crippen molar-refractivity contribution in [2.75, 3.05) is 13.1 Å². The third kappa shape index (κ3) is 3.60. The van der Waals surface area contributed by atoms with Crippen LogP contribution < -0.4 is 5.32 Å². The van der Waals surface area contributed by atoms with Gasteiger partial charge >= 0.3 is 0 Å². The average Bonchev–Trinajstić information content (AvgIpc) is 2.84. The zero-order chi connectivity index (χ0) is 14.7. The van der Waals surface area contributed by atoms with Gasteiger partial charge in [0.25, 0.3) is 0 Å². The van der Waals surface area contributed by atoms with Crippen molar-refractivity contribution in [1.82, 2.24) is 15.2 Å². The van der Waals surface area contributed by atoms with E-state index in [1.807, 2.05) is 17.5 Å². The first-order valence-electron chi connectivity index (χ1n) is 7.94. The van der Waals surface area contributed by atoms with E-state index < -0.39 is 0 Å². The molecule has 1 aliphatic heterocycles. The van der Waals surface area contributed by atoms with Crippen molar-refractivity contribution in [3.8, 4) is 0 Å². The molecule has 3 unspecified atom stereocenters. The second-order valence-corrected chi connectivity index (χ2v) is 7.65. The Kier molecular flexibility index (Phi) is 5.58. The topological polar surface area (TPSA) is 28.2 Å². The molecule has 0 radical (unpaired) electrons. The summed E-state index contributed by atoms with van der Waals surface area (Å²) in [6.07, 6.45) is 4.53. The lowest BCUT2D eigenvalue weighted by atomic mass is 9.95. The van der Waals surface area contributed by atoms with Gasteiger partial charge in [0.1, 0.15) is 5.01 Å². The van der Waals surface area contributed by atoms with E-state index in [1.165, 1.54) is 22.7 Å². The number of aromatic nitrogens is 1. The van der Waals surface area contributed by atoms with E-state index >= 15 is 0 Å². The van der Waals surface area contributed by atoms with E-state index in [-0.39, 0.29) is 0 Å². The highest BCUT2D eigenvalue weighted by molar-refractivity contribution is 7.11. The molecule has 3 atom stereocenters. The van der Waals surface area contributed by atoms with E-state index in [0.29, 0.717) is 24.0 Å². The zero-order valence-electron chi connectivity index (χ0n) is 13.5. The van der Waals surface area contributed by atoms with E-state index in [2.05, 4.69) is 49.8 Å². The Morgan fingerprint density at radius 2 is 2.20 bits per heavy atom. The second kappa shape index (κ2) is 7.01. The predicted molar refractivity (Wildman–Crippen MR) is 87.3 cm³/mol. The molecule has 20 heavy (non-hydrogen) atoms.